The highest BCUT2D eigenvalue weighted by molar-refractivity contribution is 5.99. The van der Waals surface area contributed by atoms with Crippen molar-refractivity contribution in [3.63, 3.8) is 0 Å². The Morgan fingerprint density at radius 2 is 1.93 bits per heavy atom. The van der Waals surface area contributed by atoms with Gasteiger partial charge in [-0.2, -0.15) is 0 Å². The summed E-state index contributed by atoms with van der Waals surface area (Å²) in [5, 5.41) is 0.768. The van der Waals surface area contributed by atoms with E-state index in [1.54, 1.807) is 20.2 Å². The predicted octanol–water partition coefficient (Wildman–Crippen LogP) is 3.31. The van der Waals surface area contributed by atoms with E-state index in [-0.39, 0.29) is 6.73 Å². The van der Waals surface area contributed by atoms with Crippen molar-refractivity contribution in [1.82, 2.24) is 4.98 Å². The predicted molar refractivity (Wildman–Crippen MR) is 103 cm³/mol. The first-order valence-corrected chi connectivity index (χ1v) is 8.71. The SMILES string of the molecule is CCOC(=O)c1cnc2cccc(OCN)c2c1Cc1ccc(OC)cc1. The molecule has 0 spiro atoms. The van der Waals surface area contributed by atoms with Crippen LogP contribution in [0.2, 0.25) is 0 Å². The van der Waals surface area contributed by atoms with Crippen LogP contribution < -0.4 is 15.2 Å². The van der Waals surface area contributed by atoms with Crippen LogP contribution in [0.3, 0.4) is 0 Å². The van der Waals surface area contributed by atoms with E-state index in [4.69, 9.17) is 19.9 Å². The maximum Gasteiger partial charge on any atom is 0.340 e. The monoisotopic (exact) mass is 366 g/mol. The van der Waals surface area contributed by atoms with E-state index < -0.39 is 5.97 Å². The first-order chi connectivity index (χ1) is 13.2. The Morgan fingerprint density at radius 3 is 2.59 bits per heavy atom. The summed E-state index contributed by atoms with van der Waals surface area (Å²) in [5.41, 5.74) is 8.56. The topological polar surface area (TPSA) is 83.7 Å². The molecule has 0 amide bonds. The second kappa shape index (κ2) is 8.51. The van der Waals surface area contributed by atoms with Crippen molar-refractivity contribution < 1.29 is 19.0 Å². The van der Waals surface area contributed by atoms with Crippen LogP contribution in [0.25, 0.3) is 10.9 Å². The van der Waals surface area contributed by atoms with Gasteiger partial charge in [-0.25, -0.2) is 4.79 Å². The standard InChI is InChI=1S/C21H22N2O4/c1-3-26-21(24)17-12-23-18-5-4-6-19(27-13-22)20(18)16(17)11-14-7-9-15(25-2)10-8-14/h4-10,12H,3,11,13,22H2,1-2H3. The molecule has 0 aliphatic rings. The van der Waals surface area contributed by atoms with Crippen LogP contribution in [-0.2, 0) is 11.2 Å². The van der Waals surface area contributed by atoms with Gasteiger partial charge in [0.1, 0.15) is 18.2 Å². The van der Waals surface area contributed by atoms with Crippen molar-refractivity contribution in [2.24, 2.45) is 5.73 Å². The largest absolute Gasteiger partial charge is 0.497 e. The molecule has 0 saturated heterocycles. The van der Waals surface area contributed by atoms with Crippen molar-refractivity contribution in [3.8, 4) is 11.5 Å². The fraction of sp³-hybridized carbons (Fsp3) is 0.238. The number of hydrogen-bond acceptors (Lipinski definition) is 6. The molecule has 140 valence electrons. The Bertz CT molecular complexity index is 939. The molecule has 0 unspecified atom stereocenters. The molecule has 3 rings (SSSR count). The lowest BCUT2D eigenvalue weighted by Crippen LogP contribution is -2.12. The van der Waals surface area contributed by atoms with Crippen LogP contribution in [0.15, 0.2) is 48.7 Å². The molecule has 0 aliphatic carbocycles. The van der Waals surface area contributed by atoms with Crippen molar-refractivity contribution in [2.75, 3.05) is 20.4 Å². The minimum absolute atomic E-state index is 0.0325. The zero-order valence-corrected chi connectivity index (χ0v) is 15.4. The third kappa shape index (κ3) is 4.01. The van der Waals surface area contributed by atoms with Crippen LogP contribution >= 0.6 is 0 Å². The zero-order chi connectivity index (χ0) is 19.2. The molecule has 0 fully saturated rings. The molecule has 2 N–H and O–H groups in total. The Kier molecular flexibility index (Phi) is 5.88. The highest BCUT2D eigenvalue weighted by Crippen LogP contribution is 2.32. The van der Waals surface area contributed by atoms with Gasteiger partial charge in [0.2, 0.25) is 0 Å². The molecule has 0 bridgehead atoms. The quantitative estimate of drug-likeness (QED) is 0.510. The molecule has 6 nitrogen and oxygen atoms in total. The molecule has 0 atom stereocenters. The molecule has 0 saturated carbocycles. The summed E-state index contributed by atoms with van der Waals surface area (Å²) in [6.07, 6.45) is 2.08. The van der Waals surface area contributed by atoms with Crippen molar-refractivity contribution >= 4 is 16.9 Å². The van der Waals surface area contributed by atoms with E-state index in [1.165, 1.54) is 0 Å². The van der Waals surface area contributed by atoms with Gasteiger partial charge >= 0.3 is 5.97 Å². The zero-order valence-electron chi connectivity index (χ0n) is 15.4. The van der Waals surface area contributed by atoms with E-state index in [0.29, 0.717) is 24.3 Å². The smallest absolute Gasteiger partial charge is 0.340 e. The van der Waals surface area contributed by atoms with E-state index in [1.807, 2.05) is 42.5 Å². The molecular formula is C21H22N2O4. The van der Waals surface area contributed by atoms with Gasteiger partial charge < -0.3 is 14.2 Å². The Labute approximate surface area is 157 Å². The molecule has 6 heteroatoms. The molecule has 0 radical (unpaired) electrons. The summed E-state index contributed by atoms with van der Waals surface area (Å²) >= 11 is 0. The number of fused-ring (bicyclic) bond motifs is 1. The normalized spacial score (nSPS) is 10.6. The second-order valence-electron chi connectivity index (χ2n) is 5.86. The Hall–Kier alpha value is -3.12. The third-order valence-electron chi connectivity index (χ3n) is 4.24. The molecule has 1 aromatic heterocycles. The molecule has 2 aromatic carbocycles. The van der Waals surface area contributed by atoms with Gasteiger partial charge in [0.05, 0.1) is 24.8 Å². The summed E-state index contributed by atoms with van der Waals surface area (Å²) in [5.74, 6) is 0.964. The van der Waals surface area contributed by atoms with Gasteiger partial charge in [-0.1, -0.05) is 18.2 Å². The van der Waals surface area contributed by atoms with Gasteiger partial charge in [-0.05, 0) is 48.7 Å². The highest BCUT2D eigenvalue weighted by atomic mass is 16.5. The number of ether oxygens (including phenoxy) is 3. The summed E-state index contributed by atoms with van der Waals surface area (Å²) in [4.78, 5) is 16.9. The van der Waals surface area contributed by atoms with Gasteiger partial charge in [0, 0.05) is 11.6 Å². The molecular weight excluding hydrogens is 344 g/mol. The highest BCUT2D eigenvalue weighted by Gasteiger charge is 2.19. The summed E-state index contributed by atoms with van der Waals surface area (Å²) in [7, 11) is 1.63. The molecule has 27 heavy (non-hydrogen) atoms. The Balaban J connectivity index is 2.17. The van der Waals surface area contributed by atoms with Crippen LogP contribution in [0.1, 0.15) is 28.4 Å². The minimum Gasteiger partial charge on any atom is -0.497 e. The fourth-order valence-corrected chi connectivity index (χ4v) is 3.00. The van der Waals surface area contributed by atoms with Crippen molar-refractivity contribution in [1.29, 1.82) is 0 Å². The van der Waals surface area contributed by atoms with Crippen molar-refractivity contribution in [2.45, 2.75) is 13.3 Å². The average molecular weight is 366 g/mol. The van der Waals surface area contributed by atoms with Gasteiger partial charge in [0.25, 0.3) is 0 Å². The van der Waals surface area contributed by atoms with E-state index >= 15 is 0 Å². The van der Waals surface area contributed by atoms with Gasteiger partial charge in [-0.15, -0.1) is 0 Å². The maximum atomic E-state index is 12.5. The number of pyridine rings is 1. The number of benzene rings is 2. The number of methoxy groups -OCH3 is 1. The minimum atomic E-state index is -0.405. The molecule has 0 aliphatic heterocycles. The number of nitrogens with two attached hydrogens (primary N) is 1. The number of carbonyl (C=O) groups is 1. The lowest BCUT2D eigenvalue weighted by atomic mass is 9.96. The summed E-state index contributed by atoms with van der Waals surface area (Å²) in [6, 6.07) is 13.3. The third-order valence-corrected chi connectivity index (χ3v) is 4.24. The maximum absolute atomic E-state index is 12.5. The van der Waals surface area contributed by atoms with E-state index in [2.05, 4.69) is 4.98 Å². The lowest BCUT2D eigenvalue weighted by Gasteiger charge is -2.15. The lowest BCUT2D eigenvalue weighted by molar-refractivity contribution is 0.0525. The Morgan fingerprint density at radius 1 is 1.15 bits per heavy atom. The van der Waals surface area contributed by atoms with E-state index in [0.717, 1.165) is 27.8 Å². The first kappa shape index (κ1) is 18.7. The fourth-order valence-electron chi connectivity index (χ4n) is 3.00. The first-order valence-electron chi connectivity index (χ1n) is 8.71. The number of rotatable bonds is 7. The van der Waals surface area contributed by atoms with Crippen LogP contribution in [-0.4, -0.2) is 31.4 Å². The number of aromatic nitrogens is 1. The van der Waals surface area contributed by atoms with Gasteiger partial charge in [-0.3, -0.25) is 10.7 Å². The number of carbonyl (C=O) groups excluding carboxylic acids is 1. The molecule has 1 heterocycles. The van der Waals surface area contributed by atoms with Crippen molar-refractivity contribution in [3.05, 3.63) is 65.4 Å². The van der Waals surface area contributed by atoms with Gasteiger partial charge in [0.15, 0.2) is 0 Å². The molecule has 3 aromatic rings. The van der Waals surface area contributed by atoms with Crippen LogP contribution in [0.5, 0.6) is 11.5 Å². The summed E-state index contributed by atoms with van der Waals surface area (Å²) < 4.78 is 16.0. The van der Waals surface area contributed by atoms with E-state index in [9.17, 15) is 4.79 Å². The number of esters is 1. The number of hydrogen-bond donors (Lipinski definition) is 1. The van der Waals surface area contributed by atoms with Crippen LogP contribution in [0.4, 0.5) is 0 Å². The second-order valence-corrected chi connectivity index (χ2v) is 5.86. The average Bonchev–Trinajstić information content (AvgIpc) is 2.69. The number of nitrogens with zero attached hydrogens (tertiary/aromatic N) is 1. The summed E-state index contributed by atoms with van der Waals surface area (Å²) in [6.45, 7) is 2.10. The van der Waals surface area contributed by atoms with Crippen LogP contribution in [0, 0.1) is 0 Å².